The van der Waals surface area contributed by atoms with Crippen LogP contribution in [0.15, 0.2) is 11.6 Å². The van der Waals surface area contributed by atoms with E-state index in [0.29, 0.717) is 43.4 Å². The Labute approximate surface area is 504 Å². The fraction of sp³-hybridized carbons (Fsp3) is 0.966. The molecule has 0 aromatic rings. The highest BCUT2D eigenvalue weighted by atomic mass is 16.8. The van der Waals surface area contributed by atoms with Gasteiger partial charge in [-0.15, -0.1) is 0 Å². The summed E-state index contributed by atoms with van der Waals surface area (Å²) in [6.07, 6.45) is -34.6. The van der Waals surface area contributed by atoms with Crippen molar-refractivity contribution in [3.05, 3.63) is 11.6 Å². The molecule has 3 saturated carbocycles. The van der Waals surface area contributed by atoms with Gasteiger partial charge in [-0.05, 0) is 91.8 Å². The summed E-state index contributed by atoms with van der Waals surface area (Å²) in [6.45, 7) is 5.13. The van der Waals surface area contributed by atoms with Crippen molar-refractivity contribution < 1.29 is 144 Å². The average Bonchev–Trinajstić information content (AvgIpc) is 1.61. The second-order valence-electron chi connectivity index (χ2n) is 26.8. The molecular formula is C58H96O29. The van der Waals surface area contributed by atoms with Crippen molar-refractivity contribution in [2.45, 2.75) is 257 Å². The Morgan fingerprint density at radius 2 is 1.03 bits per heavy atom. The average molecular weight is 1260 g/mol. The first-order valence-electron chi connectivity index (χ1n) is 31.0. The molecule has 0 amide bonds. The molecule has 0 aromatic heterocycles. The molecule has 29 nitrogen and oxygen atoms in total. The molecule has 0 spiro atoms. The van der Waals surface area contributed by atoms with Crippen LogP contribution in [0.4, 0.5) is 0 Å². The Hall–Kier alpha value is -1.42. The van der Waals surface area contributed by atoms with Gasteiger partial charge in [0.15, 0.2) is 37.2 Å². The number of rotatable bonds is 20. The monoisotopic (exact) mass is 1260 g/mol. The van der Waals surface area contributed by atoms with E-state index in [1.165, 1.54) is 5.57 Å². The number of hydrogen-bond donors (Lipinski definition) is 17. The first-order chi connectivity index (χ1) is 41.3. The number of methoxy groups -OCH3 is 1. The van der Waals surface area contributed by atoms with E-state index >= 15 is 0 Å². The molecule has 9 fully saturated rings. The SMILES string of the molecule is COC1(CCC(C)COC2OC(CO)C(O)C(O)C2O)OC2CC3C4CC=C5CC(OC6OC(CO)C(OC7OC(CO)C(O)C(OC8OC(CO)C(O)C(O)C8O)C7OC7OC(CO)C(O)C(O)C7O)C(O)C6O)CCC5(C)C4CCC3(C)C2C1C. The van der Waals surface area contributed by atoms with Crippen LogP contribution >= 0.6 is 0 Å². The summed E-state index contributed by atoms with van der Waals surface area (Å²) in [5.74, 6) is 0.646. The molecule has 6 heterocycles. The number of aliphatic hydroxyl groups is 17. The van der Waals surface area contributed by atoms with Crippen molar-refractivity contribution in [3.63, 3.8) is 0 Å². The molecule has 0 aromatic carbocycles. The topological polar surface area (TPSA) is 455 Å². The maximum absolute atomic E-state index is 11.9. The van der Waals surface area contributed by atoms with Crippen molar-refractivity contribution in [2.24, 2.45) is 46.3 Å². The van der Waals surface area contributed by atoms with Gasteiger partial charge in [-0.25, -0.2) is 0 Å². The van der Waals surface area contributed by atoms with E-state index in [9.17, 15) is 86.8 Å². The van der Waals surface area contributed by atoms with E-state index in [4.69, 9.17) is 56.8 Å². The molecular weight excluding hydrogens is 1160 g/mol. The summed E-state index contributed by atoms with van der Waals surface area (Å²) in [5.41, 5.74) is 1.06. The lowest BCUT2D eigenvalue weighted by atomic mass is 9.47. The van der Waals surface area contributed by atoms with Crippen LogP contribution in [0.25, 0.3) is 0 Å². The van der Waals surface area contributed by atoms with Crippen molar-refractivity contribution in [1.29, 1.82) is 0 Å². The van der Waals surface area contributed by atoms with Crippen molar-refractivity contribution in [2.75, 3.05) is 46.8 Å². The third-order valence-electron chi connectivity index (χ3n) is 22.0. The normalized spacial score (nSPS) is 53.8. The minimum absolute atomic E-state index is 0.00970. The van der Waals surface area contributed by atoms with Crippen LogP contribution in [0.1, 0.15) is 85.5 Å². The summed E-state index contributed by atoms with van der Waals surface area (Å²) < 4.78 is 72.8. The highest BCUT2D eigenvalue weighted by Gasteiger charge is 2.69. The molecule has 29 heteroatoms. The minimum atomic E-state index is -2.06. The summed E-state index contributed by atoms with van der Waals surface area (Å²) in [6, 6.07) is 0. The van der Waals surface area contributed by atoms with Crippen molar-refractivity contribution >= 4 is 0 Å². The van der Waals surface area contributed by atoms with Crippen LogP contribution in [0.5, 0.6) is 0 Å². The lowest BCUT2D eigenvalue weighted by Crippen LogP contribution is -2.68. The maximum Gasteiger partial charge on any atom is 0.187 e. The van der Waals surface area contributed by atoms with Crippen LogP contribution in [0.3, 0.4) is 0 Å². The summed E-state index contributed by atoms with van der Waals surface area (Å²) in [7, 11) is 1.70. The summed E-state index contributed by atoms with van der Waals surface area (Å²) >= 11 is 0. The zero-order valence-corrected chi connectivity index (χ0v) is 49.7. The van der Waals surface area contributed by atoms with Gasteiger partial charge in [-0.3, -0.25) is 0 Å². The lowest BCUT2D eigenvalue weighted by Gasteiger charge is -2.58. The summed E-state index contributed by atoms with van der Waals surface area (Å²) in [5, 5.41) is 181. The highest BCUT2D eigenvalue weighted by molar-refractivity contribution is 5.26. The third-order valence-corrected chi connectivity index (χ3v) is 22.0. The van der Waals surface area contributed by atoms with Gasteiger partial charge in [-0.2, -0.15) is 0 Å². The van der Waals surface area contributed by atoms with Crippen LogP contribution in [-0.2, 0) is 56.8 Å². The van der Waals surface area contributed by atoms with Gasteiger partial charge in [0.2, 0.25) is 0 Å². The fourth-order valence-corrected chi connectivity index (χ4v) is 16.8. The van der Waals surface area contributed by atoms with E-state index in [2.05, 4.69) is 26.8 Å². The number of aliphatic hydroxyl groups excluding tert-OH is 17. The fourth-order valence-electron chi connectivity index (χ4n) is 16.8. The molecule has 6 saturated heterocycles. The number of allylic oxidation sites excluding steroid dienone is 1. The molecule has 17 N–H and O–H groups in total. The van der Waals surface area contributed by atoms with E-state index in [1.54, 1.807) is 7.11 Å². The molecule has 10 rings (SSSR count). The van der Waals surface area contributed by atoms with E-state index in [1.807, 2.05) is 6.92 Å². The smallest absolute Gasteiger partial charge is 0.187 e. The Kier molecular flexibility index (Phi) is 21.6. The van der Waals surface area contributed by atoms with Crippen LogP contribution < -0.4 is 0 Å². The van der Waals surface area contributed by atoms with Gasteiger partial charge < -0.3 is 144 Å². The Morgan fingerprint density at radius 1 is 0.540 bits per heavy atom. The molecule has 4 aliphatic carbocycles. The van der Waals surface area contributed by atoms with Gasteiger partial charge in [0, 0.05) is 19.4 Å². The van der Waals surface area contributed by atoms with Crippen molar-refractivity contribution in [3.8, 4) is 0 Å². The molecule has 36 unspecified atom stereocenters. The Bertz CT molecular complexity index is 2270. The zero-order valence-electron chi connectivity index (χ0n) is 49.7. The Morgan fingerprint density at radius 3 is 1.61 bits per heavy atom. The molecule has 87 heavy (non-hydrogen) atoms. The standard InChI is InChI=1S/C58H96O29/c1-22(21-77-51-44(72)40(68)36(64)30(16-59)79-51)8-13-58(76-5)23(2)35-29(87-58)15-28-26-7-6-24-14-25(9-11-56(24,3)27(26)10-12-57(28,35)4)78-52-47(75)43(71)48(34(20-63)83-52)84-55-50(86-54-46(74)42(70)38(66)32(18-61)81-54)49(39(67)33(19-62)82-55)85-53-45(73)41(69)37(65)31(17-60)80-53/h6,22-23,25-55,59-75H,7-21H2,1-5H3. The Balaban J connectivity index is 0.784. The predicted octanol–water partition coefficient (Wildman–Crippen LogP) is -5.56. The molecule has 502 valence electrons. The quantitative estimate of drug-likeness (QED) is 0.0506. The van der Waals surface area contributed by atoms with Gasteiger partial charge in [-0.1, -0.05) is 39.3 Å². The second kappa shape index (κ2) is 27.5. The number of fused-ring (bicyclic) bond motifs is 7. The lowest BCUT2D eigenvalue weighted by molar-refractivity contribution is -0.406. The molecule has 10 aliphatic rings. The molecule has 0 radical (unpaired) electrons. The predicted molar refractivity (Wildman–Crippen MR) is 289 cm³/mol. The largest absolute Gasteiger partial charge is 0.394 e. The van der Waals surface area contributed by atoms with E-state index in [-0.39, 0.29) is 41.3 Å². The first-order valence-corrected chi connectivity index (χ1v) is 31.0. The summed E-state index contributed by atoms with van der Waals surface area (Å²) in [4.78, 5) is 0. The zero-order chi connectivity index (χ0) is 62.9. The van der Waals surface area contributed by atoms with Crippen LogP contribution in [0.2, 0.25) is 0 Å². The number of hydrogen-bond acceptors (Lipinski definition) is 29. The maximum atomic E-state index is 11.9. The molecule has 36 atom stereocenters. The van der Waals surface area contributed by atoms with Gasteiger partial charge in [0.05, 0.1) is 51.8 Å². The second-order valence-corrected chi connectivity index (χ2v) is 26.8. The van der Waals surface area contributed by atoms with E-state index in [0.717, 1.165) is 32.1 Å². The third kappa shape index (κ3) is 12.5. The first kappa shape index (κ1) is 68.4. The minimum Gasteiger partial charge on any atom is -0.394 e. The van der Waals surface area contributed by atoms with Crippen LogP contribution in [-0.4, -0.2) is 305 Å². The van der Waals surface area contributed by atoms with E-state index < -0.39 is 198 Å². The van der Waals surface area contributed by atoms with Gasteiger partial charge >= 0.3 is 0 Å². The van der Waals surface area contributed by atoms with Gasteiger partial charge in [0.1, 0.15) is 122 Å². The highest BCUT2D eigenvalue weighted by Crippen LogP contribution is 2.70. The van der Waals surface area contributed by atoms with Crippen molar-refractivity contribution in [1.82, 2.24) is 0 Å². The number of ether oxygens (including phenoxy) is 12. The molecule has 0 bridgehead atoms. The van der Waals surface area contributed by atoms with Gasteiger partial charge in [0.25, 0.3) is 0 Å². The molecule has 6 aliphatic heterocycles. The van der Waals surface area contributed by atoms with Crippen LogP contribution in [0, 0.1) is 46.3 Å².